The Morgan fingerprint density at radius 1 is 1.41 bits per heavy atom. The molecular weight excluding hydrogens is 302 g/mol. The Balaban J connectivity index is 1.62. The minimum Gasteiger partial charge on any atom is -0.396 e. The predicted octanol–water partition coefficient (Wildman–Crippen LogP) is 0.820. The summed E-state index contributed by atoms with van der Waals surface area (Å²) in [7, 11) is 0. The van der Waals surface area contributed by atoms with E-state index >= 15 is 0 Å². The molecule has 0 unspecified atom stereocenters. The first-order chi connectivity index (χ1) is 10.8. The molecule has 6 nitrogen and oxygen atoms in total. The van der Waals surface area contributed by atoms with E-state index in [1.807, 2.05) is 0 Å². The molecule has 1 aromatic heterocycles. The molecule has 1 atom stereocenters. The number of aliphatic hydroxyl groups excluding tert-OH is 1. The van der Waals surface area contributed by atoms with E-state index in [1.165, 1.54) is 24.2 Å². The number of aliphatic hydroxyl groups is 1. The van der Waals surface area contributed by atoms with Gasteiger partial charge in [0.1, 0.15) is 9.88 Å². The standard InChI is InChI=1S/C15H23N3O3S/c19-10-12-8-18(5-6-21-11-12)15(20)13-7-16-14(22-13)9-17-3-1-2-4-17/h7,12,19H,1-6,8-11H2/t12-/m0/s1. The molecule has 0 aromatic carbocycles. The average Bonchev–Trinajstić information content (AvgIpc) is 3.14. The molecule has 122 valence electrons. The molecule has 3 rings (SSSR count). The van der Waals surface area contributed by atoms with Gasteiger partial charge >= 0.3 is 0 Å². The molecule has 0 radical (unpaired) electrons. The predicted molar refractivity (Wildman–Crippen MR) is 83.9 cm³/mol. The van der Waals surface area contributed by atoms with Gasteiger partial charge in [0.25, 0.3) is 5.91 Å². The molecule has 1 aromatic rings. The first-order valence-electron chi connectivity index (χ1n) is 7.91. The van der Waals surface area contributed by atoms with Gasteiger partial charge in [-0.25, -0.2) is 4.98 Å². The highest BCUT2D eigenvalue weighted by Gasteiger charge is 2.24. The van der Waals surface area contributed by atoms with Crippen LogP contribution in [0.1, 0.15) is 27.5 Å². The highest BCUT2D eigenvalue weighted by Crippen LogP contribution is 2.20. The molecule has 22 heavy (non-hydrogen) atoms. The van der Waals surface area contributed by atoms with Gasteiger partial charge in [-0.3, -0.25) is 9.69 Å². The Bertz CT molecular complexity index is 502. The van der Waals surface area contributed by atoms with Crippen molar-refractivity contribution in [3.05, 3.63) is 16.1 Å². The number of aromatic nitrogens is 1. The zero-order valence-electron chi connectivity index (χ0n) is 12.7. The number of hydrogen-bond donors (Lipinski definition) is 1. The molecule has 1 N–H and O–H groups in total. The number of carbonyl (C=O) groups is 1. The van der Waals surface area contributed by atoms with E-state index in [-0.39, 0.29) is 18.4 Å². The molecule has 0 bridgehead atoms. The normalized spacial score (nSPS) is 23.7. The lowest BCUT2D eigenvalue weighted by Crippen LogP contribution is -2.36. The van der Waals surface area contributed by atoms with Crippen LogP contribution in [0.2, 0.25) is 0 Å². The third-order valence-electron chi connectivity index (χ3n) is 4.20. The number of thiazole rings is 1. The first kappa shape index (κ1) is 15.9. The largest absolute Gasteiger partial charge is 0.396 e. The zero-order valence-corrected chi connectivity index (χ0v) is 13.6. The maximum atomic E-state index is 12.6. The number of rotatable bonds is 4. The first-order valence-corrected chi connectivity index (χ1v) is 8.73. The maximum absolute atomic E-state index is 12.6. The lowest BCUT2D eigenvalue weighted by atomic mass is 10.1. The molecule has 2 aliphatic heterocycles. The second-order valence-electron chi connectivity index (χ2n) is 5.98. The number of amides is 1. The smallest absolute Gasteiger partial charge is 0.265 e. The van der Waals surface area contributed by atoms with Crippen LogP contribution in [0, 0.1) is 5.92 Å². The van der Waals surface area contributed by atoms with Crippen molar-refractivity contribution in [2.24, 2.45) is 5.92 Å². The summed E-state index contributed by atoms with van der Waals surface area (Å²) in [5.74, 6) is 0.0116. The van der Waals surface area contributed by atoms with Crippen LogP contribution >= 0.6 is 11.3 Å². The highest BCUT2D eigenvalue weighted by molar-refractivity contribution is 7.13. The van der Waals surface area contributed by atoms with Crippen LogP contribution in [0.25, 0.3) is 0 Å². The number of nitrogens with zero attached hydrogens (tertiary/aromatic N) is 3. The summed E-state index contributed by atoms with van der Waals surface area (Å²) in [6.45, 7) is 5.33. The van der Waals surface area contributed by atoms with E-state index in [9.17, 15) is 9.90 Å². The summed E-state index contributed by atoms with van der Waals surface area (Å²) >= 11 is 1.49. The zero-order chi connectivity index (χ0) is 15.4. The van der Waals surface area contributed by atoms with Gasteiger partial charge in [-0.2, -0.15) is 0 Å². The number of ether oxygens (including phenoxy) is 1. The summed E-state index contributed by atoms with van der Waals surface area (Å²) in [5, 5.41) is 10.3. The minimum atomic E-state index is 0.00319. The number of carbonyl (C=O) groups excluding carboxylic acids is 1. The molecule has 0 aliphatic carbocycles. The van der Waals surface area contributed by atoms with Crippen LogP contribution < -0.4 is 0 Å². The lowest BCUT2D eigenvalue weighted by Gasteiger charge is -2.21. The quantitative estimate of drug-likeness (QED) is 0.888. The Morgan fingerprint density at radius 3 is 3.00 bits per heavy atom. The molecule has 2 aliphatic rings. The third-order valence-corrected chi connectivity index (χ3v) is 5.18. The van der Waals surface area contributed by atoms with E-state index in [1.54, 1.807) is 11.1 Å². The second-order valence-corrected chi connectivity index (χ2v) is 7.09. The van der Waals surface area contributed by atoms with E-state index in [2.05, 4.69) is 9.88 Å². The van der Waals surface area contributed by atoms with Crippen molar-refractivity contribution in [2.45, 2.75) is 19.4 Å². The summed E-state index contributed by atoms with van der Waals surface area (Å²) < 4.78 is 5.44. The summed E-state index contributed by atoms with van der Waals surface area (Å²) in [6, 6.07) is 0. The van der Waals surface area contributed by atoms with Gasteiger partial charge in [0, 0.05) is 25.6 Å². The van der Waals surface area contributed by atoms with Gasteiger partial charge in [0.2, 0.25) is 0 Å². The number of likely N-dealkylation sites (tertiary alicyclic amines) is 1. The Kier molecular flexibility index (Phi) is 5.41. The highest BCUT2D eigenvalue weighted by atomic mass is 32.1. The topological polar surface area (TPSA) is 65.9 Å². The van der Waals surface area contributed by atoms with Crippen molar-refractivity contribution in [3.8, 4) is 0 Å². The Morgan fingerprint density at radius 2 is 2.23 bits per heavy atom. The van der Waals surface area contributed by atoms with Crippen molar-refractivity contribution < 1.29 is 14.6 Å². The SMILES string of the molecule is O=C(c1cnc(CN2CCCC2)s1)N1CCOC[C@H](CO)C1. The van der Waals surface area contributed by atoms with Crippen molar-refractivity contribution in [3.63, 3.8) is 0 Å². The van der Waals surface area contributed by atoms with Gasteiger partial charge in [0.15, 0.2) is 0 Å². The fourth-order valence-electron chi connectivity index (χ4n) is 2.95. The van der Waals surface area contributed by atoms with Crippen molar-refractivity contribution in [1.29, 1.82) is 0 Å². The fourth-order valence-corrected chi connectivity index (χ4v) is 3.87. The van der Waals surface area contributed by atoms with Crippen molar-refractivity contribution >= 4 is 17.2 Å². The van der Waals surface area contributed by atoms with Crippen molar-refractivity contribution in [2.75, 3.05) is 46.0 Å². The lowest BCUT2D eigenvalue weighted by molar-refractivity contribution is 0.0733. The molecule has 0 spiro atoms. The van der Waals surface area contributed by atoms with E-state index < -0.39 is 0 Å². The molecule has 2 fully saturated rings. The maximum Gasteiger partial charge on any atom is 0.265 e. The summed E-state index contributed by atoms with van der Waals surface area (Å²) in [5.41, 5.74) is 0. The van der Waals surface area contributed by atoms with Crippen LogP contribution in [-0.2, 0) is 11.3 Å². The van der Waals surface area contributed by atoms with Gasteiger partial charge in [-0.05, 0) is 25.9 Å². The monoisotopic (exact) mass is 325 g/mol. The van der Waals surface area contributed by atoms with Gasteiger partial charge < -0.3 is 14.7 Å². The molecule has 2 saturated heterocycles. The molecule has 3 heterocycles. The Labute approximate surface area is 134 Å². The van der Waals surface area contributed by atoms with Crippen LogP contribution in [-0.4, -0.2) is 71.8 Å². The van der Waals surface area contributed by atoms with Gasteiger partial charge in [0.05, 0.1) is 26.0 Å². The van der Waals surface area contributed by atoms with E-state index in [0.29, 0.717) is 31.2 Å². The second kappa shape index (κ2) is 7.50. The van der Waals surface area contributed by atoms with E-state index in [0.717, 1.165) is 24.6 Å². The van der Waals surface area contributed by atoms with Crippen molar-refractivity contribution in [1.82, 2.24) is 14.8 Å². The average molecular weight is 325 g/mol. The summed E-state index contributed by atoms with van der Waals surface area (Å²) in [4.78, 5) is 21.9. The van der Waals surface area contributed by atoms with Gasteiger partial charge in [-0.15, -0.1) is 11.3 Å². The van der Waals surface area contributed by atoms with Crippen LogP contribution in [0.5, 0.6) is 0 Å². The molecule has 7 heteroatoms. The minimum absolute atomic E-state index is 0.00319. The van der Waals surface area contributed by atoms with Gasteiger partial charge in [-0.1, -0.05) is 0 Å². The molecule has 0 saturated carbocycles. The fraction of sp³-hybridized carbons (Fsp3) is 0.733. The molecule has 1 amide bonds. The van der Waals surface area contributed by atoms with Crippen LogP contribution in [0.4, 0.5) is 0 Å². The third kappa shape index (κ3) is 3.84. The Hall–Kier alpha value is -1.02. The van der Waals surface area contributed by atoms with E-state index in [4.69, 9.17) is 4.74 Å². The number of hydrogen-bond acceptors (Lipinski definition) is 6. The van der Waals surface area contributed by atoms with Crippen LogP contribution in [0.3, 0.4) is 0 Å². The molecular formula is C15H23N3O3S. The van der Waals surface area contributed by atoms with Crippen LogP contribution in [0.15, 0.2) is 6.20 Å². The summed E-state index contributed by atoms with van der Waals surface area (Å²) in [6.07, 6.45) is 4.21.